The van der Waals surface area contributed by atoms with Crippen molar-refractivity contribution in [1.82, 2.24) is 9.97 Å². The average Bonchev–Trinajstić information content (AvgIpc) is 3.92. The molecule has 9 heteroatoms. The van der Waals surface area contributed by atoms with E-state index in [1.807, 2.05) is 0 Å². The van der Waals surface area contributed by atoms with Crippen LogP contribution in [0.3, 0.4) is 0 Å². The monoisotopic (exact) mass is 800 g/mol. The zero-order valence-electron chi connectivity index (χ0n) is 36.0. The summed E-state index contributed by atoms with van der Waals surface area (Å²) in [5.41, 5.74) is 24.4. The first-order valence-corrected chi connectivity index (χ1v) is 19.7. The quantitative estimate of drug-likeness (QED) is 0.143. The minimum absolute atomic E-state index is 0. The third-order valence-corrected chi connectivity index (χ3v) is 14.4. The van der Waals surface area contributed by atoms with Crippen molar-refractivity contribution in [3.8, 4) is 0 Å². The van der Waals surface area contributed by atoms with Gasteiger partial charge in [0.25, 0.3) is 0 Å². The molecule has 6 aromatic rings. The molecule has 9 rings (SSSR count). The van der Waals surface area contributed by atoms with E-state index in [9.17, 15) is 0 Å². The maximum absolute atomic E-state index is 5.49. The smallest absolute Gasteiger partial charge is 0.0930 e. The molecule has 0 saturated heterocycles. The van der Waals surface area contributed by atoms with E-state index in [1.54, 1.807) is 0 Å². The number of amidine groups is 3. The van der Waals surface area contributed by atoms with Gasteiger partial charge in [0.1, 0.15) is 0 Å². The van der Waals surface area contributed by atoms with Crippen molar-refractivity contribution < 1.29 is 17.1 Å². The summed E-state index contributed by atoms with van der Waals surface area (Å²) in [5.74, 6) is 3.09. The normalized spacial score (nSPS) is 17.9. The first-order chi connectivity index (χ1) is 26.4. The standard InChI is InChI=1S/C48H49N8.Cu/c1-17-18(2)26(10)34-33(25(17)9)41-49-42(34)54-44-37-29(13)21(5)22(6)30(14)38(37)46(51-44)56-48-40-32(16)24(8)23(7)31(15)39(40)47(52-48)55-45-36-28(12)20(4)19(3)27(11)35(36)43(50-45)53-41;/h41H,1-16H3;/q-3;. The summed E-state index contributed by atoms with van der Waals surface area (Å²) in [6.07, 6.45) is -0.542. The van der Waals surface area contributed by atoms with Crippen LogP contribution < -0.4 is 20.9 Å². The Morgan fingerprint density at radius 2 is 0.754 bits per heavy atom. The predicted octanol–water partition coefficient (Wildman–Crippen LogP) is 10.1. The number of aliphatic imine (C=N–C) groups is 3. The maximum atomic E-state index is 5.49. The molecule has 1 radical (unpaired) electrons. The maximum Gasteiger partial charge on any atom is 0.0930 e. The van der Waals surface area contributed by atoms with Gasteiger partial charge in [-0.05, 0) is 238 Å². The van der Waals surface area contributed by atoms with Crippen LogP contribution in [-0.4, -0.2) is 17.5 Å². The van der Waals surface area contributed by atoms with Crippen LogP contribution in [0.5, 0.6) is 0 Å². The molecule has 1 atom stereocenters. The molecule has 1 unspecified atom stereocenters. The van der Waals surface area contributed by atoms with E-state index in [-0.39, 0.29) is 17.1 Å². The van der Waals surface area contributed by atoms with Gasteiger partial charge in [0.05, 0.1) is 11.7 Å². The number of benzene rings is 4. The summed E-state index contributed by atoms with van der Waals surface area (Å²) in [4.78, 5) is 37.7. The van der Waals surface area contributed by atoms with Crippen molar-refractivity contribution in [2.75, 3.05) is 0 Å². The zero-order valence-corrected chi connectivity index (χ0v) is 36.9. The Balaban J connectivity index is 0.00000455. The molecule has 0 fully saturated rings. The number of hydrogen-bond donors (Lipinski definition) is 0. The van der Waals surface area contributed by atoms with Crippen LogP contribution in [0.1, 0.15) is 117 Å². The summed E-state index contributed by atoms with van der Waals surface area (Å²) < 4.78 is 0. The van der Waals surface area contributed by atoms with Gasteiger partial charge in [-0.2, -0.15) is 0 Å². The Morgan fingerprint density at radius 3 is 1.28 bits per heavy atom. The van der Waals surface area contributed by atoms with E-state index in [0.717, 1.165) is 82.7 Å². The molecule has 0 saturated carbocycles. The second-order valence-electron chi connectivity index (χ2n) is 16.6. The van der Waals surface area contributed by atoms with E-state index in [1.165, 1.54) is 50.1 Å². The molecule has 8 nitrogen and oxygen atoms in total. The van der Waals surface area contributed by atoms with Crippen LogP contribution in [0, 0.1) is 111 Å². The third kappa shape index (κ3) is 5.07. The molecule has 0 amide bonds. The Bertz CT molecular complexity index is 3090. The van der Waals surface area contributed by atoms with Crippen molar-refractivity contribution in [1.29, 1.82) is 0 Å². The number of fused-ring (bicyclic) bond motifs is 19. The topological polar surface area (TPSA) is 104 Å². The molecule has 0 N–H and O–H groups in total. The van der Waals surface area contributed by atoms with Crippen molar-refractivity contribution in [2.45, 2.75) is 117 Å². The first-order valence-electron chi connectivity index (χ1n) is 19.7. The van der Waals surface area contributed by atoms with Gasteiger partial charge in [-0.1, -0.05) is 5.84 Å². The minimum Gasteiger partial charge on any atom is -0.451 e. The summed E-state index contributed by atoms with van der Waals surface area (Å²) >= 11 is 0. The molecule has 3 aliphatic heterocycles. The van der Waals surface area contributed by atoms with Crippen LogP contribution >= 0.6 is 0 Å². The number of rotatable bonds is 0. The fourth-order valence-electron chi connectivity index (χ4n) is 9.54. The van der Waals surface area contributed by atoms with Crippen LogP contribution in [0.2, 0.25) is 0 Å². The molecule has 8 bridgehead atoms. The van der Waals surface area contributed by atoms with Crippen molar-refractivity contribution in [3.63, 3.8) is 0 Å². The fraction of sp³-hybridized carbons (Fsp3) is 0.354. The summed E-state index contributed by atoms with van der Waals surface area (Å²) in [5, 5.41) is 9.40. The molecule has 2 aromatic heterocycles. The fourth-order valence-corrected chi connectivity index (χ4v) is 9.54. The summed E-state index contributed by atoms with van der Waals surface area (Å²) in [7, 11) is 0. The summed E-state index contributed by atoms with van der Waals surface area (Å²) in [6.45, 7) is 34.9. The van der Waals surface area contributed by atoms with Gasteiger partial charge in [0.2, 0.25) is 0 Å². The SMILES string of the molecule is Cc1c(C)c(C)c2c(c1C)C1=N/C2=N\c2[n-]c(c3c(C)c(C)c(C)c(C)c23)/N=C2\[N-]C(/N=c3\[n-]c(c4c(C)c(C)c(C)c(C)c34)=N1)c1c(C)c(C)c(C)c(C)c12.[Cu]. The predicted molar refractivity (Wildman–Crippen MR) is 231 cm³/mol. The Kier molecular flexibility index (Phi) is 8.81. The number of aromatic nitrogens is 2. The van der Waals surface area contributed by atoms with Gasteiger partial charge in [-0.15, -0.1) is 0 Å². The molecule has 57 heavy (non-hydrogen) atoms. The van der Waals surface area contributed by atoms with Crippen LogP contribution in [0.4, 0.5) is 11.6 Å². The molecule has 0 aliphatic carbocycles. The zero-order chi connectivity index (χ0) is 40.1. The van der Waals surface area contributed by atoms with E-state index < -0.39 is 6.17 Å². The van der Waals surface area contributed by atoms with Gasteiger partial charge in [-0.25, -0.2) is 4.99 Å². The Morgan fingerprint density at radius 1 is 0.351 bits per heavy atom. The van der Waals surface area contributed by atoms with Gasteiger partial charge >= 0.3 is 0 Å². The van der Waals surface area contributed by atoms with E-state index >= 15 is 0 Å². The van der Waals surface area contributed by atoms with Crippen molar-refractivity contribution in [3.05, 3.63) is 128 Å². The second-order valence-corrected chi connectivity index (χ2v) is 16.6. The van der Waals surface area contributed by atoms with Gasteiger partial charge in [0.15, 0.2) is 0 Å². The first kappa shape index (κ1) is 38.7. The molecule has 295 valence electrons. The van der Waals surface area contributed by atoms with Gasteiger partial charge in [-0.3, -0.25) is 0 Å². The van der Waals surface area contributed by atoms with Crippen LogP contribution in [0.15, 0.2) is 25.0 Å². The molecule has 0 spiro atoms. The van der Waals surface area contributed by atoms with Gasteiger partial charge < -0.3 is 35.3 Å². The van der Waals surface area contributed by atoms with Crippen molar-refractivity contribution in [2.24, 2.45) is 25.0 Å². The Labute approximate surface area is 345 Å². The average molecular weight is 802 g/mol. The van der Waals surface area contributed by atoms with Crippen molar-refractivity contribution >= 4 is 50.7 Å². The molecule has 4 aromatic carbocycles. The largest absolute Gasteiger partial charge is 0.451 e. The number of aryl methyl sites for hydroxylation is 4. The van der Waals surface area contributed by atoms with E-state index in [4.69, 9.17) is 40.2 Å². The van der Waals surface area contributed by atoms with E-state index in [2.05, 4.69) is 111 Å². The molecule has 3 aliphatic rings. The Hall–Kier alpha value is -5.11. The molecular weight excluding hydrogens is 752 g/mol. The summed E-state index contributed by atoms with van der Waals surface area (Å²) in [6, 6.07) is 0. The van der Waals surface area contributed by atoms with Gasteiger partial charge in [0, 0.05) is 51.2 Å². The molecule has 5 heterocycles. The van der Waals surface area contributed by atoms with E-state index in [0.29, 0.717) is 40.1 Å². The van der Waals surface area contributed by atoms with Crippen LogP contribution in [0.25, 0.3) is 26.9 Å². The minimum atomic E-state index is -0.542. The number of hydrogen-bond acceptors (Lipinski definition) is 5. The second kappa shape index (κ2) is 13.0. The number of nitrogens with zero attached hydrogens (tertiary/aromatic N) is 8. The third-order valence-electron chi connectivity index (χ3n) is 14.4. The molecular formula is C48H49CuN8-3. The van der Waals surface area contributed by atoms with Crippen LogP contribution in [-0.2, 0) is 17.1 Å².